The van der Waals surface area contributed by atoms with Crippen molar-refractivity contribution in [2.75, 3.05) is 10.7 Å². The van der Waals surface area contributed by atoms with Crippen LogP contribution in [-0.2, 0) is 0 Å². The number of rotatable bonds is 6. The molecule has 3 heterocycles. The first kappa shape index (κ1) is 19.5. The van der Waals surface area contributed by atoms with Crippen LogP contribution in [0.25, 0.3) is 5.95 Å². The minimum absolute atomic E-state index is 0.260. The molecule has 10 heteroatoms. The molecule has 150 valence electrons. The summed E-state index contributed by atoms with van der Waals surface area (Å²) in [6, 6.07) is 14.7. The minimum atomic E-state index is 0.260. The number of hydrogen-bond donors (Lipinski definition) is 2. The zero-order chi connectivity index (χ0) is 20.9. The van der Waals surface area contributed by atoms with E-state index in [9.17, 15) is 0 Å². The largest absolute Gasteiger partial charge is 0.324 e. The van der Waals surface area contributed by atoms with Crippen LogP contribution in [0.2, 0.25) is 5.02 Å². The van der Waals surface area contributed by atoms with Gasteiger partial charge in [-0.05, 0) is 56.3 Å². The van der Waals surface area contributed by atoms with Gasteiger partial charge in [0.2, 0.25) is 11.9 Å². The number of benzene rings is 1. The van der Waals surface area contributed by atoms with E-state index in [2.05, 4.69) is 40.9 Å². The number of aromatic nitrogens is 6. The molecule has 0 amide bonds. The summed E-state index contributed by atoms with van der Waals surface area (Å²) < 4.78 is 1.65. The van der Waals surface area contributed by atoms with Crippen LogP contribution >= 0.6 is 11.6 Å². The van der Waals surface area contributed by atoms with Crippen molar-refractivity contribution >= 4 is 35.4 Å². The van der Waals surface area contributed by atoms with Gasteiger partial charge in [0.05, 0.1) is 17.6 Å². The maximum atomic E-state index is 5.96. The Labute approximate surface area is 177 Å². The first-order valence-corrected chi connectivity index (χ1v) is 9.47. The summed E-state index contributed by atoms with van der Waals surface area (Å²) in [5.41, 5.74) is 6.09. The number of nitrogens with one attached hydrogen (secondary N) is 2. The number of hydrogen-bond acceptors (Lipinski definition) is 8. The molecular weight excluding hydrogens is 402 g/mol. The fourth-order valence-electron chi connectivity index (χ4n) is 2.67. The van der Waals surface area contributed by atoms with Crippen molar-refractivity contribution in [2.24, 2.45) is 5.10 Å². The van der Waals surface area contributed by atoms with Crippen LogP contribution in [0.3, 0.4) is 0 Å². The Morgan fingerprint density at radius 1 is 1.00 bits per heavy atom. The monoisotopic (exact) mass is 419 g/mol. The Hall–Kier alpha value is -3.85. The third-order valence-corrected chi connectivity index (χ3v) is 4.22. The molecule has 0 spiro atoms. The van der Waals surface area contributed by atoms with Crippen LogP contribution in [-0.4, -0.2) is 35.9 Å². The van der Waals surface area contributed by atoms with E-state index in [1.54, 1.807) is 29.2 Å². The normalized spacial score (nSPS) is 11.0. The molecule has 0 atom stereocenters. The predicted octanol–water partition coefficient (Wildman–Crippen LogP) is 3.91. The molecule has 0 aliphatic rings. The van der Waals surface area contributed by atoms with E-state index in [1.807, 2.05) is 50.2 Å². The van der Waals surface area contributed by atoms with E-state index >= 15 is 0 Å². The Balaban J connectivity index is 1.65. The van der Waals surface area contributed by atoms with Gasteiger partial charge in [-0.15, -0.1) is 0 Å². The first-order valence-electron chi connectivity index (χ1n) is 9.09. The van der Waals surface area contributed by atoms with Gasteiger partial charge in [0.15, 0.2) is 0 Å². The fraction of sp³-hybridized carbons (Fsp3) is 0.100. The van der Waals surface area contributed by atoms with E-state index in [0.29, 0.717) is 22.6 Å². The van der Waals surface area contributed by atoms with Gasteiger partial charge < -0.3 is 5.32 Å². The van der Waals surface area contributed by atoms with Crippen LogP contribution in [0.15, 0.2) is 59.8 Å². The Morgan fingerprint density at radius 2 is 1.80 bits per heavy atom. The number of pyridine rings is 1. The second-order valence-corrected chi connectivity index (χ2v) is 6.81. The number of aryl methyl sites for hydroxylation is 2. The summed E-state index contributed by atoms with van der Waals surface area (Å²) in [5.74, 6) is 0.962. The molecule has 0 unspecified atom stereocenters. The zero-order valence-electron chi connectivity index (χ0n) is 16.3. The van der Waals surface area contributed by atoms with Crippen molar-refractivity contribution in [1.82, 2.24) is 29.7 Å². The predicted molar refractivity (Wildman–Crippen MR) is 117 cm³/mol. The summed E-state index contributed by atoms with van der Waals surface area (Å²) in [7, 11) is 0. The van der Waals surface area contributed by atoms with E-state index in [-0.39, 0.29) is 5.95 Å². The maximum Gasteiger partial charge on any atom is 0.257 e. The van der Waals surface area contributed by atoms with E-state index in [4.69, 9.17) is 11.6 Å². The minimum Gasteiger partial charge on any atom is -0.324 e. The topological polar surface area (TPSA) is 106 Å². The first-order chi connectivity index (χ1) is 14.6. The molecule has 0 fully saturated rings. The number of anilines is 3. The third-order valence-electron chi connectivity index (χ3n) is 3.97. The molecule has 0 saturated carbocycles. The summed E-state index contributed by atoms with van der Waals surface area (Å²) in [4.78, 5) is 17.5. The van der Waals surface area contributed by atoms with Gasteiger partial charge in [-0.1, -0.05) is 17.7 Å². The molecule has 0 aliphatic carbocycles. The van der Waals surface area contributed by atoms with Crippen LogP contribution in [0.4, 0.5) is 17.6 Å². The summed E-state index contributed by atoms with van der Waals surface area (Å²) in [5, 5.41) is 12.4. The highest BCUT2D eigenvalue weighted by Crippen LogP contribution is 2.19. The van der Waals surface area contributed by atoms with E-state index in [0.717, 1.165) is 17.1 Å². The quantitative estimate of drug-likeness (QED) is 0.360. The lowest BCUT2D eigenvalue weighted by atomic mass is 10.3. The SMILES string of the molecule is Cc1cc(C)n(-c2nc(N/N=C/c3ccccn3)nc(Nc3ccc(Cl)cc3)n2)n1. The van der Waals surface area contributed by atoms with Crippen LogP contribution in [0.5, 0.6) is 0 Å². The summed E-state index contributed by atoms with van der Waals surface area (Å²) >= 11 is 5.96. The zero-order valence-corrected chi connectivity index (χ0v) is 17.0. The molecule has 0 radical (unpaired) electrons. The van der Waals surface area contributed by atoms with Gasteiger partial charge in [-0.2, -0.15) is 25.2 Å². The van der Waals surface area contributed by atoms with Crippen molar-refractivity contribution in [3.63, 3.8) is 0 Å². The van der Waals surface area contributed by atoms with Gasteiger partial charge in [-0.25, -0.2) is 10.1 Å². The fourth-order valence-corrected chi connectivity index (χ4v) is 2.79. The average Bonchev–Trinajstić information content (AvgIpc) is 3.08. The van der Waals surface area contributed by atoms with Crippen LogP contribution in [0.1, 0.15) is 17.1 Å². The highest BCUT2D eigenvalue weighted by atomic mass is 35.5. The van der Waals surface area contributed by atoms with Gasteiger partial charge in [0, 0.05) is 22.6 Å². The molecule has 4 aromatic rings. The summed E-state index contributed by atoms with van der Waals surface area (Å²) in [6.07, 6.45) is 3.28. The molecular formula is C20H18ClN9. The molecule has 0 bridgehead atoms. The van der Waals surface area contributed by atoms with Crippen LogP contribution < -0.4 is 10.7 Å². The molecule has 30 heavy (non-hydrogen) atoms. The van der Waals surface area contributed by atoms with E-state index in [1.165, 1.54) is 0 Å². The van der Waals surface area contributed by atoms with Crippen molar-refractivity contribution in [1.29, 1.82) is 0 Å². The third kappa shape index (κ3) is 4.76. The van der Waals surface area contributed by atoms with Gasteiger partial charge in [-0.3, -0.25) is 4.98 Å². The molecule has 3 aromatic heterocycles. The van der Waals surface area contributed by atoms with Gasteiger partial charge in [0.1, 0.15) is 0 Å². The molecule has 9 nitrogen and oxygen atoms in total. The standard InChI is InChI=1S/C20H18ClN9/c1-13-11-14(2)30(29-13)20-26-18(24-16-8-6-15(21)7-9-16)25-19(27-20)28-23-12-17-5-3-4-10-22-17/h3-12H,1-2H3,(H2,24,25,26,27,28)/b23-12+. The second kappa shape index (κ2) is 8.66. The maximum absolute atomic E-state index is 5.96. The number of halogens is 1. The lowest BCUT2D eigenvalue weighted by molar-refractivity contribution is 0.767. The Morgan fingerprint density at radius 3 is 2.50 bits per heavy atom. The van der Waals surface area contributed by atoms with Gasteiger partial charge >= 0.3 is 0 Å². The summed E-state index contributed by atoms with van der Waals surface area (Å²) in [6.45, 7) is 3.84. The molecule has 1 aromatic carbocycles. The highest BCUT2D eigenvalue weighted by molar-refractivity contribution is 6.30. The lowest BCUT2D eigenvalue weighted by Crippen LogP contribution is -2.11. The van der Waals surface area contributed by atoms with Crippen molar-refractivity contribution < 1.29 is 0 Å². The average molecular weight is 420 g/mol. The molecule has 2 N–H and O–H groups in total. The molecule has 0 aliphatic heterocycles. The number of hydrazone groups is 1. The van der Waals surface area contributed by atoms with Crippen molar-refractivity contribution in [2.45, 2.75) is 13.8 Å². The lowest BCUT2D eigenvalue weighted by Gasteiger charge is -2.09. The smallest absolute Gasteiger partial charge is 0.257 e. The Kier molecular flexibility index (Phi) is 5.62. The Bertz CT molecular complexity index is 1170. The molecule has 4 rings (SSSR count). The number of nitrogens with zero attached hydrogens (tertiary/aromatic N) is 7. The molecule has 0 saturated heterocycles. The van der Waals surface area contributed by atoms with Crippen molar-refractivity contribution in [3.05, 3.63) is 76.8 Å². The van der Waals surface area contributed by atoms with Crippen molar-refractivity contribution in [3.8, 4) is 5.95 Å². The highest BCUT2D eigenvalue weighted by Gasteiger charge is 2.12. The van der Waals surface area contributed by atoms with Gasteiger partial charge in [0.25, 0.3) is 5.95 Å². The van der Waals surface area contributed by atoms with Crippen LogP contribution in [0, 0.1) is 13.8 Å². The van der Waals surface area contributed by atoms with E-state index < -0.39 is 0 Å². The second-order valence-electron chi connectivity index (χ2n) is 6.38.